The number of piperazine rings is 1. The van der Waals surface area contributed by atoms with Crippen molar-refractivity contribution in [1.29, 1.82) is 0 Å². The van der Waals surface area contributed by atoms with Gasteiger partial charge in [0.1, 0.15) is 10.8 Å². The van der Waals surface area contributed by atoms with E-state index < -0.39 is 0 Å². The standard InChI is InChI=1S/C22H22ClN3O2S/c23-18-8-6-17(7-9-18)20-16-29-21(24-20)14-25-10-12-26(13-11-25)22(27)15-28-19-4-2-1-3-5-19/h1-9,16H,10-15H2. The second-order valence-electron chi connectivity index (χ2n) is 6.89. The molecular formula is C22H22ClN3O2S. The van der Waals surface area contributed by atoms with Gasteiger partial charge in [-0.1, -0.05) is 41.9 Å². The fourth-order valence-electron chi connectivity index (χ4n) is 3.24. The Balaban J connectivity index is 1.25. The van der Waals surface area contributed by atoms with Crippen LogP contribution in [0.5, 0.6) is 5.75 Å². The molecule has 1 aliphatic heterocycles. The van der Waals surface area contributed by atoms with E-state index in [4.69, 9.17) is 21.3 Å². The minimum atomic E-state index is 0.0350. The third-order valence-corrected chi connectivity index (χ3v) is 5.97. The summed E-state index contributed by atoms with van der Waals surface area (Å²) in [6, 6.07) is 17.2. The molecule has 1 amide bonds. The Morgan fingerprint density at radius 2 is 1.76 bits per heavy atom. The summed E-state index contributed by atoms with van der Waals surface area (Å²) in [6.45, 7) is 4.00. The predicted molar refractivity (Wildman–Crippen MR) is 116 cm³/mol. The quantitative estimate of drug-likeness (QED) is 0.591. The van der Waals surface area contributed by atoms with Gasteiger partial charge < -0.3 is 9.64 Å². The van der Waals surface area contributed by atoms with Crippen molar-refractivity contribution in [1.82, 2.24) is 14.8 Å². The van der Waals surface area contributed by atoms with E-state index in [0.717, 1.165) is 46.7 Å². The summed E-state index contributed by atoms with van der Waals surface area (Å²) < 4.78 is 5.57. The van der Waals surface area contributed by atoms with Gasteiger partial charge in [-0.05, 0) is 24.3 Å². The number of aromatic nitrogens is 1. The predicted octanol–water partition coefficient (Wildman–Crippen LogP) is 4.19. The summed E-state index contributed by atoms with van der Waals surface area (Å²) in [4.78, 5) is 21.4. The van der Waals surface area contributed by atoms with E-state index in [0.29, 0.717) is 13.1 Å². The lowest BCUT2D eigenvalue weighted by molar-refractivity contribution is -0.135. The molecule has 0 unspecified atom stereocenters. The Labute approximate surface area is 179 Å². The molecule has 5 nitrogen and oxygen atoms in total. The van der Waals surface area contributed by atoms with E-state index >= 15 is 0 Å². The van der Waals surface area contributed by atoms with Crippen molar-refractivity contribution < 1.29 is 9.53 Å². The van der Waals surface area contributed by atoms with Crippen LogP contribution in [-0.4, -0.2) is 53.5 Å². The van der Waals surface area contributed by atoms with Crippen LogP contribution in [0.2, 0.25) is 5.02 Å². The number of hydrogen-bond acceptors (Lipinski definition) is 5. The van der Waals surface area contributed by atoms with Gasteiger partial charge in [-0.15, -0.1) is 11.3 Å². The van der Waals surface area contributed by atoms with Crippen LogP contribution in [0, 0.1) is 0 Å². The third-order valence-electron chi connectivity index (χ3n) is 4.88. The van der Waals surface area contributed by atoms with Gasteiger partial charge in [0.25, 0.3) is 5.91 Å². The Bertz CT molecular complexity index is 938. The Hall–Kier alpha value is -2.41. The zero-order valence-electron chi connectivity index (χ0n) is 16.0. The van der Waals surface area contributed by atoms with E-state index in [9.17, 15) is 4.79 Å². The molecule has 1 aromatic heterocycles. The number of ether oxygens (including phenoxy) is 1. The molecule has 7 heteroatoms. The summed E-state index contributed by atoms with van der Waals surface area (Å²) in [5, 5.41) is 3.90. The maximum absolute atomic E-state index is 12.4. The number of para-hydroxylation sites is 1. The van der Waals surface area contributed by atoms with Crippen LogP contribution in [0.3, 0.4) is 0 Å². The van der Waals surface area contributed by atoms with Gasteiger partial charge in [0.2, 0.25) is 0 Å². The highest BCUT2D eigenvalue weighted by molar-refractivity contribution is 7.09. The van der Waals surface area contributed by atoms with Gasteiger partial charge in [-0.2, -0.15) is 0 Å². The van der Waals surface area contributed by atoms with Crippen LogP contribution >= 0.6 is 22.9 Å². The molecule has 3 aromatic rings. The molecule has 1 aliphatic rings. The second-order valence-corrected chi connectivity index (χ2v) is 8.27. The molecule has 2 heterocycles. The fraction of sp³-hybridized carbons (Fsp3) is 0.273. The van der Waals surface area contributed by atoms with Crippen molar-refractivity contribution in [3.8, 4) is 17.0 Å². The molecule has 0 N–H and O–H groups in total. The fourth-order valence-corrected chi connectivity index (χ4v) is 4.21. The number of nitrogens with zero attached hydrogens (tertiary/aromatic N) is 3. The highest BCUT2D eigenvalue weighted by Gasteiger charge is 2.22. The Kier molecular flexibility index (Phi) is 6.44. The molecule has 1 fully saturated rings. The van der Waals surface area contributed by atoms with Crippen molar-refractivity contribution in [3.05, 3.63) is 70.0 Å². The van der Waals surface area contributed by atoms with E-state index in [-0.39, 0.29) is 12.5 Å². The molecule has 0 atom stereocenters. The van der Waals surface area contributed by atoms with Crippen molar-refractivity contribution in [2.45, 2.75) is 6.54 Å². The van der Waals surface area contributed by atoms with Gasteiger partial charge in [0.15, 0.2) is 6.61 Å². The number of rotatable bonds is 6. The minimum absolute atomic E-state index is 0.0350. The van der Waals surface area contributed by atoms with Gasteiger partial charge >= 0.3 is 0 Å². The van der Waals surface area contributed by atoms with Crippen molar-refractivity contribution in [3.63, 3.8) is 0 Å². The average molecular weight is 428 g/mol. The Morgan fingerprint density at radius 3 is 2.48 bits per heavy atom. The first-order valence-corrected chi connectivity index (χ1v) is 10.8. The number of carbonyl (C=O) groups is 1. The lowest BCUT2D eigenvalue weighted by Crippen LogP contribution is -2.49. The molecule has 29 heavy (non-hydrogen) atoms. The average Bonchev–Trinajstić information content (AvgIpc) is 3.22. The molecule has 1 saturated heterocycles. The Morgan fingerprint density at radius 1 is 1.03 bits per heavy atom. The van der Waals surface area contributed by atoms with Crippen LogP contribution in [0.25, 0.3) is 11.3 Å². The highest BCUT2D eigenvalue weighted by atomic mass is 35.5. The maximum Gasteiger partial charge on any atom is 0.260 e. The maximum atomic E-state index is 12.4. The van der Waals surface area contributed by atoms with Gasteiger partial charge in [-0.3, -0.25) is 9.69 Å². The van der Waals surface area contributed by atoms with Gasteiger partial charge in [-0.25, -0.2) is 4.98 Å². The molecule has 2 aromatic carbocycles. The molecule has 0 aliphatic carbocycles. The summed E-state index contributed by atoms with van der Waals surface area (Å²) in [5.41, 5.74) is 2.05. The smallest absolute Gasteiger partial charge is 0.260 e. The SMILES string of the molecule is O=C(COc1ccccc1)N1CCN(Cc2nc(-c3ccc(Cl)cc3)cs2)CC1. The lowest BCUT2D eigenvalue weighted by Gasteiger charge is -2.34. The monoisotopic (exact) mass is 427 g/mol. The normalized spacial score (nSPS) is 14.7. The molecule has 0 spiro atoms. The zero-order valence-corrected chi connectivity index (χ0v) is 17.5. The van der Waals surface area contributed by atoms with Crippen molar-refractivity contribution in [2.75, 3.05) is 32.8 Å². The number of carbonyl (C=O) groups excluding carboxylic acids is 1. The first-order valence-electron chi connectivity index (χ1n) is 9.56. The second kappa shape index (κ2) is 9.39. The van der Waals surface area contributed by atoms with Crippen LogP contribution in [0.4, 0.5) is 0 Å². The van der Waals surface area contributed by atoms with Crippen LogP contribution in [-0.2, 0) is 11.3 Å². The van der Waals surface area contributed by atoms with E-state index in [1.165, 1.54) is 0 Å². The molecule has 4 rings (SSSR count). The van der Waals surface area contributed by atoms with E-state index in [1.54, 1.807) is 11.3 Å². The topological polar surface area (TPSA) is 45.7 Å². The van der Waals surface area contributed by atoms with E-state index in [1.807, 2.05) is 59.5 Å². The number of thiazole rings is 1. The number of halogens is 1. The molecule has 0 saturated carbocycles. The molecule has 150 valence electrons. The van der Waals surface area contributed by atoms with Crippen LogP contribution in [0.15, 0.2) is 60.0 Å². The largest absolute Gasteiger partial charge is 0.484 e. The van der Waals surface area contributed by atoms with Crippen LogP contribution in [0.1, 0.15) is 5.01 Å². The first kappa shape index (κ1) is 19.9. The first-order chi connectivity index (χ1) is 14.2. The number of hydrogen-bond donors (Lipinski definition) is 0. The zero-order chi connectivity index (χ0) is 20.1. The number of benzene rings is 2. The minimum Gasteiger partial charge on any atom is -0.484 e. The molecule has 0 bridgehead atoms. The summed E-state index contributed by atoms with van der Waals surface area (Å²) in [5.74, 6) is 0.757. The summed E-state index contributed by atoms with van der Waals surface area (Å²) in [7, 11) is 0. The molecule has 0 radical (unpaired) electrons. The lowest BCUT2D eigenvalue weighted by atomic mass is 10.2. The van der Waals surface area contributed by atoms with Crippen molar-refractivity contribution >= 4 is 28.8 Å². The van der Waals surface area contributed by atoms with Gasteiger partial charge in [0.05, 0.1) is 12.2 Å². The summed E-state index contributed by atoms with van der Waals surface area (Å²) >= 11 is 7.63. The van der Waals surface area contributed by atoms with Crippen molar-refractivity contribution in [2.24, 2.45) is 0 Å². The number of amides is 1. The molecular weight excluding hydrogens is 406 g/mol. The highest BCUT2D eigenvalue weighted by Crippen LogP contribution is 2.24. The van der Waals surface area contributed by atoms with E-state index in [2.05, 4.69) is 10.3 Å². The van der Waals surface area contributed by atoms with Gasteiger partial charge in [0, 0.05) is 42.1 Å². The summed E-state index contributed by atoms with van der Waals surface area (Å²) in [6.07, 6.45) is 0. The third kappa shape index (κ3) is 5.35. The van der Waals surface area contributed by atoms with Crippen LogP contribution < -0.4 is 4.74 Å².